The molecule has 0 saturated heterocycles. The summed E-state index contributed by atoms with van der Waals surface area (Å²) in [4.78, 5) is 13.2. The van der Waals surface area contributed by atoms with Gasteiger partial charge in [-0.15, -0.1) is 0 Å². The van der Waals surface area contributed by atoms with E-state index in [1.807, 2.05) is 6.26 Å². The zero-order valence-electron chi connectivity index (χ0n) is 9.16. The van der Waals surface area contributed by atoms with Gasteiger partial charge >= 0.3 is 0 Å². The number of thioether (sulfide) groups is 1. The van der Waals surface area contributed by atoms with Crippen molar-refractivity contribution in [3.8, 4) is 0 Å². The third-order valence-corrected chi connectivity index (χ3v) is 2.60. The van der Waals surface area contributed by atoms with Crippen LogP contribution in [0.1, 0.15) is 6.42 Å². The quantitative estimate of drug-likeness (QED) is 0.664. The molecule has 0 heterocycles. The SMILES string of the molecule is COCCN(C)C(=O)[C@H](N)CCSC. The summed E-state index contributed by atoms with van der Waals surface area (Å²) < 4.78 is 4.88. The van der Waals surface area contributed by atoms with Crippen LogP contribution >= 0.6 is 11.8 Å². The molecule has 0 fully saturated rings. The molecule has 14 heavy (non-hydrogen) atoms. The number of carbonyl (C=O) groups excluding carboxylic acids is 1. The number of carbonyl (C=O) groups is 1. The Hall–Kier alpha value is -0.260. The molecule has 0 aliphatic heterocycles. The van der Waals surface area contributed by atoms with Crippen LogP contribution in [0.25, 0.3) is 0 Å². The normalized spacial score (nSPS) is 12.6. The lowest BCUT2D eigenvalue weighted by atomic mass is 10.2. The molecular formula is C9H20N2O2S. The molecule has 84 valence electrons. The van der Waals surface area contributed by atoms with Crippen molar-refractivity contribution < 1.29 is 9.53 Å². The van der Waals surface area contributed by atoms with Gasteiger partial charge in [-0.05, 0) is 18.4 Å². The third kappa shape index (κ3) is 5.47. The number of likely N-dealkylation sites (N-methyl/N-ethyl adjacent to an activating group) is 1. The first-order chi connectivity index (χ1) is 6.63. The second-order valence-electron chi connectivity index (χ2n) is 3.14. The Bertz CT molecular complexity index is 151. The minimum absolute atomic E-state index is 0.00361. The van der Waals surface area contributed by atoms with Crippen molar-refractivity contribution in [3.63, 3.8) is 0 Å². The molecule has 0 unspecified atom stereocenters. The summed E-state index contributed by atoms with van der Waals surface area (Å²) in [5.74, 6) is 0.918. The Kier molecular flexibility index (Phi) is 7.93. The predicted octanol–water partition coefficient (Wildman–Crippen LogP) is 0.172. The van der Waals surface area contributed by atoms with Gasteiger partial charge in [-0.2, -0.15) is 11.8 Å². The first kappa shape index (κ1) is 13.7. The van der Waals surface area contributed by atoms with E-state index in [-0.39, 0.29) is 11.9 Å². The Morgan fingerprint density at radius 3 is 2.79 bits per heavy atom. The molecule has 4 nitrogen and oxygen atoms in total. The average molecular weight is 220 g/mol. The molecule has 0 spiro atoms. The maximum absolute atomic E-state index is 11.6. The Balaban J connectivity index is 3.78. The number of methoxy groups -OCH3 is 1. The van der Waals surface area contributed by atoms with Crippen LogP contribution in [0.2, 0.25) is 0 Å². The van der Waals surface area contributed by atoms with Gasteiger partial charge in [0.1, 0.15) is 0 Å². The van der Waals surface area contributed by atoms with Crippen molar-refractivity contribution >= 4 is 17.7 Å². The fraction of sp³-hybridized carbons (Fsp3) is 0.889. The van der Waals surface area contributed by atoms with Crippen molar-refractivity contribution in [3.05, 3.63) is 0 Å². The van der Waals surface area contributed by atoms with Crippen LogP contribution in [0.4, 0.5) is 0 Å². The monoisotopic (exact) mass is 220 g/mol. The standard InChI is InChI=1S/C9H20N2O2S/c1-11(5-6-13-2)9(12)8(10)4-7-14-3/h8H,4-7,10H2,1-3H3/t8-/m1/s1. The first-order valence-corrected chi connectivity index (χ1v) is 6.01. The highest BCUT2D eigenvalue weighted by Crippen LogP contribution is 2.01. The van der Waals surface area contributed by atoms with Crippen molar-refractivity contribution in [1.82, 2.24) is 4.90 Å². The number of amides is 1. The number of hydrogen-bond acceptors (Lipinski definition) is 4. The minimum atomic E-state index is -0.371. The first-order valence-electron chi connectivity index (χ1n) is 4.62. The summed E-state index contributed by atoms with van der Waals surface area (Å²) in [7, 11) is 3.37. The maximum atomic E-state index is 11.6. The van der Waals surface area contributed by atoms with Crippen LogP contribution in [0, 0.1) is 0 Å². The summed E-state index contributed by atoms with van der Waals surface area (Å²) >= 11 is 1.70. The van der Waals surface area contributed by atoms with E-state index in [1.54, 1.807) is 30.8 Å². The number of rotatable bonds is 7. The van der Waals surface area contributed by atoms with E-state index in [4.69, 9.17) is 10.5 Å². The van der Waals surface area contributed by atoms with Crippen molar-refractivity contribution in [2.75, 3.05) is 39.3 Å². The van der Waals surface area contributed by atoms with Crippen LogP contribution in [0.5, 0.6) is 0 Å². The molecule has 0 aromatic heterocycles. The summed E-state index contributed by atoms with van der Waals surface area (Å²) in [5, 5.41) is 0. The predicted molar refractivity (Wildman–Crippen MR) is 60.5 cm³/mol. The van der Waals surface area contributed by atoms with Gasteiger partial charge < -0.3 is 15.4 Å². The highest BCUT2D eigenvalue weighted by molar-refractivity contribution is 7.98. The second-order valence-corrected chi connectivity index (χ2v) is 4.13. The number of nitrogens with two attached hydrogens (primary N) is 1. The zero-order chi connectivity index (χ0) is 11.0. The van der Waals surface area contributed by atoms with E-state index >= 15 is 0 Å². The van der Waals surface area contributed by atoms with Gasteiger partial charge in [0.15, 0.2) is 0 Å². The molecule has 0 saturated carbocycles. The average Bonchev–Trinajstić information content (AvgIpc) is 2.21. The van der Waals surface area contributed by atoms with E-state index in [0.717, 1.165) is 12.2 Å². The largest absolute Gasteiger partial charge is 0.383 e. The molecule has 5 heteroatoms. The van der Waals surface area contributed by atoms with E-state index in [9.17, 15) is 4.79 Å². The summed E-state index contributed by atoms with van der Waals surface area (Å²) in [6, 6.07) is -0.371. The summed E-state index contributed by atoms with van der Waals surface area (Å²) in [6.07, 6.45) is 2.74. The molecule has 1 amide bonds. The van der Waals surface area contributed by atoms with Gasteiger partial charge in [-0.1, -0.05) is 0 Å². The molecule has 0 rings (SSSR count). The molecule has 0 aliphatic rings. The fourth-order valence-electron chi connectivity index (χ4n) is 0.990. The van der Waals surface area contributed by atoms with E-state index < -0.39 is 0 Å². The number of hydrogen-bond donors (Lipinski definition) is 1. The molecular weight excluding hydrogens is 200 g/mol. The molecule has 0 aliphatic carbocycles. The molecule has 1 atom stereocenters. The van der Waals surface area contributed by atoms with Gasteiger partial charge in [0, 0.05) is 20.7 Å². The van der Waals surface area contributed by atoms with Gasteiger partial charge in [0.25, 0.3) is 0 Å². The molecule has 0 bridgehead atoms. The Labute approximate surface area is 90.2 Å². The molecule has 0 radical (unpaired) electrons. The van der Waals surface area contributed by atoms with E-state index in [0.29, 0.717) is 13.2 Å². The molecule has 0 aromatic carbocycles. The lowest BCUT2D eigenvalue weighted by Gasteiger charge is -2.20. The number of nitrogens with zero attached hydrogens (tertiary/aromatic N) is 1. The maximum Gasteiger partial charge on any atom is 0.239 e. The zero-order valence-corrected chi connectivity index (χ0v) is 9.97. The smallest absolute Gasteiger partial charge is 0.239 e. The van der Waals surface area contributed by atoms with Gasteiger partial charge in [0.2, 0.25) is 5.91 Å². The summed E-state index contributed by atoms with van der Waals surface area (Å²) in [6.45, 7) is 1.15. The Morgan fingerprint density at radius 2 is 2.29 bits per heavy atom. The van der Waals surface area contributed by atoms with Crippen LogP contribution in [0.15, 0.2) is 0 Å². The highest BCUT2D eigenvalue weighted by Gasteiger charge is 2.16. The number of ether oxygens (including phenoxy) is 1. The topological polar surface area (TPSA) is 55.6 Å². The van der Waals surface area contributed by atoms with Crippen molar-refractivity contribution in [1.29, 1.82) is 0 Å². The summed E-state index contributed by atoms with van der Waals surface area (Å²) in [5.41, 5.74) is 5.73. The second kappa shape index (κ2) is 8.08. The van der Waals surface area contributed by atoms with Crippen LogP contribution < -0.4 is 5.73 Å². The van der Waals surface area contributed by atoms with Crippen LogP contribution in [-0.2, 0) is 9.53 Å². The molecule has 0 aromatic rings. The van der Waals surface area contributed by atoms with Gasteiger partial charge in [0.05, 0.1) is 12.6 Å². The van der Waals surface area contributed by atoms with E-state index in [2.05, 4.69) is 0 Å². The van der Waals surface area contributed by atoms with Gasteiger partial charge in [-0.25, -0.2) is 0 Å². The van der Waals surface area contributed by atoms with Crippen LogP contribution in [0.3, 0.4) is 0 Å². The highest BCUT2D eigenvalue weighted by atomic mass is 32.2. The van der Waals surface area contributed by atoms with Crippen molar-refractivity contribution in [2.24, 2.45) is 5.73 Å². The lowest BCUT2D eigenvalue weighted by Crippen LogP contribution is -2.43. The fourth-order valence-corrected chi connectivity index (χ4v) is 1.48. The van der Waals surface area contributed by atoms with Crippen molar-refractivity contribution in [2.45, 2.75) is 12.5 Å². The Morgan fingerprint density at radius 1 is 1.64 bits per heavy atom. The molecule has 2 N–H and O–H groups in total. The lowest BCUT2D eigenvalue weighted by molar-refractivity contribution is -0.131. The minimum Gasteiger partial charge on any atom is -0.383 e. The van der Waals surface area contributed by atoms with E-state index in [1.165, 1.54) is 0 Å². The van der Waals surface area contributed by atoms with Crippen LogP contribution in [-0.4, -0.2) is 56.2 Å². The van der Waals surface area contributed by atoms with Gasteiger partial charge in [-0.3, -0.25) is 4.79 Å². The third-order valence-electron chi connectivity index (χ3n) is 1.96.